The molecule has 196 valence electrons. The number of aryl methyl sites for hydroxylation is 2. The predicted molar refractivity (Wildman–Crippen MR) is 153 cm³/mol. The maximum atomic E-state index is 13.4. The van der Waals surface area contributed by atoms with Gasteiger partial charge in [0.2, 0.25) is 0 Å². The summed E-state index contributed by atoms with van der Waals surface area (Å²) in [5.74, 6) is -0.0937. The second kappa shape index (κ2) is 9.87. The lowest BCUT2D eigenvalue weighted by atomic mass is 10.0. The van der Waals surface area contributed by atoms with E-state index >= 15 is 0 Å². The lowest BCUT2D eigenvalue weighted by molar-refractivity contribution is 0.0746. The van der Waals surface area contributed by atoms with E-state index in [1.807, 2.05) is 48.2 Å². The Labute approximate surface area is 231 Å². The standard InChI is InChI=1S/C28H27ClN4O3S2/c1-19-23(29)12-13-25-26(19)30-28(37-25)32-17-15-31(16-18-32)27(34)21-8-10-22(11-9-21)38(35,36)33-14-4-6-20-5-2-3-7-24(20)33/h2-3,5,7-13H,4,6,14-18H2,1H3. The number of rotatable bonds is 4. The summed E-state index contributed by atoms with van der Waals surface area (Å²) < 4.78 is 29.4. The summed E-state index contributed by atoms with van der Waals surface area (Å²) in [4.78, 5) is 22.2. The van der Waals surface area contributed by atoms with Gasteiger partial charge in [-0.1, -0.05) is 41.1 Å². The first-order valence-electron chi connectivity index (χ1n) is 12.6. The first-order chi connectivity index (χ1) is 18.3. The molecule has 0 aliphatic carbocycles. The highest BCUT2D eigenvalue weighted by Crippen LogP contribution is 2.34. The van der Waals surface area contributed by atoms with Crippen LogP contribution in [0.2, 0.25) is 5.02 Å². The molecular weight excluding hydrogens is 540 g/mol. The van der Waals surface area contributed by atoms with E-state index < -0.39 is 10.0 Å². The molecule has 0 N–H and O–H groups in total. The molecule has 3 heterocycles. The molecule has 1 saturated heterocycles. The Morgan fingerprint density at radius 2 is 1.68 bits per heavy atom. The Kier molecular flexibility index (Phi) is 6.53. The maximum Gasteiger partial charge on any atom is 0.264 e. The van der Waals surface area contributed by atoms with Gasteiger partial charge >= 0.3 is 0 Å². The van der Waals surface area contributed by atoms with Crippen LogP contribution in [-0.2, 0) is 16.4 Å². The highest BCUT2D eigenvalue weighted by Gasteiger charge is 2.30. The minimum absolute atomic E-state index is 0.0937. The molecule has 0 bridgehead atoms. The summed E-state index contributed by atoms with van der Waals surface area (Å²) >= 11 is 7.90. The predicted octanol–water partition coefficient (Wildman–Crippen LogP) is 5.36. The number of hydrogen-bond acceptors (Lipinski definition) is 6. The van der Waals surface area contributed by atoms with E-state index in [0.717, 1.165) is 45.0 Å². The number of para-hydroxylation sites is 1. The van der Waals surface area contributed by atoms with Crippen LogP contribution in [0, 0.1) is 6.92 Å². The van der Waals surface area contributed by atoms with Gasteiger partial charge in [0.25, 0.3) is 15.9 Å². The van der Waals surface area contributed by atoms with Crippen molar-refractivity contribution in [2.45, 2.75) is 24.7 Å². The lowest BCUT2D eigenvalue weighted by Crippen LogP contribution is -2.48. The molecule has 1 fully saturated rings. The molecule has 2 aliphatic heterocycles. The van der Waals surface area contributed by atoms with Gasteiger partial charge in [-0.05, 0) is 73.4 Å². The molecule has 4 aromatic rings. The number of carbonyl (C=O) groups is 1. The van der Waals surface area contributed by atoms with Crippen molar-refractivity contribution in [2.75, 3.05) is 41.9 Å². The topological polar surface area (TPSA) is 73.8 Å². The molecular formula is C28H27ClN4O3S2. The van der Waals surface area contributed by atoms with Gasteiger partial charge in [-0.2, -0.15) is 0 Å². The minimum atomic E-state index is -3.71. The largest absolute Gasteiger partial charge is 0.345 e. The quantitative estimate of drug-likeness (QED) is 0.332. The summed E-state index contributed by atoms with van der Waals surface area (Å²) in [6, 6.07) is 17.9. The monoisotopic (exact) mass is 566 g/mol. The average molecular weight is 567 g/mol. The molecule has 0 spiro atoms. The molecule has 6 rings (SSSR count). The van der Waals surface area contributed by atoms with Crippen molar-refractivity contribution in [1.82, 2.24) is 9.88 Å². The Morgan fingerprint density at radius 3 is 2.45 bits per heavy atom. The number of anilines is 2. The Balaban J connectivity index is 1.14. The smallest absolute Gasteiger partial charge is 0.264 e. The number of fused-ring (bicyclic) bond motifs is 2. The van der Waals surface area contributed by atoms with E-state index in [4.69, 9.17) is 16.6 Å². The van der Waals surface area contributed by atoms with Crippen LogP contribution in [0.3, 0.4) is 0 Å². The van der Waals surface area contributed by atoms with Gasteiger partial charge < -0.3 is 9.80 Å². The van der Waals surface area contributed by atoms with Crippen molar-refractivity contribution >= 4 is 59.9 Å². The van der Waals surface area contributed by atoms with Crippen molar-refractivity contribution in [3.63, 3.8) is 0 Å². The van der Waals surface area contributed by atoms with E-state index in [1.165, 1.54) is 4.31 Å². The Bertz CT molecular complexity index is 1630. The van der Waals surface area contributed by atoms with Crippen LogP contribution in [0.4, 0.5) is 10.8 Å². The first-order valence-corrected chi connectivity index (χ1v) is 15.3. The number of aromatic nitrogens is 1. The number of carbonyl (C=O) groups excluding carboxylic acids is 1. The van der Waals surface area contributed by atoms with Crippen molar-refractivity contribution in [3.05, 3.63) is 82.4 Å². The molecule has 0 unspecified atom stereocenters. The van der Waals surface area contributed by atoms with Gasteiger partial charge in [-0.3, -0.25) is 9.10 Å². The first kappa shape index (κ1) is 25.2. The molecule has 38 heavy (non-hydrogen) atoms. The number of piperazine rings is 1. The zero-order valence-electron chi connectivity index (χ0n) is 20.9. The van der Waals surface area contributed by atoms with Crippen LogP contribution in [-0.4, -0.2) is 56.9 Å². The summed E-state index contributed by atoms with van der Waals surface area (Å²) in [6.07, 6.45) is 1.65. The third kappa shape index (κ3) is 4.42. The highest BCUT2D eigenvalue weighted by atomic mass is 35.5. The molecule has 0 atom stereocenters. The van der Waals surface area contributed by atoms with Crippen LogP contribution in [0.1, 0.15) is 27.9 Å². The second-order valence-electron chi connectivity index (χ2n) is 9.63. The van der Waals surface area contributed by atoms with Crippen LogP contribution < -0.4 is 9.21 Å². The van der Waals surface area contributed by atoms with Gasteiger partial charge in [0.1, 0.15) is 0 Å². The van der Waals surface area contributed by atoms with Gasteiger partial charge in [-0.15, -0.1) is 0 Å². The van der Waals surface area contributed by atoms with E-state index in [0.29, 0.717) is 43.3 Å². The molecule has 10 heteroatoms. The molecule has 7 nitrogen and oxygen atoms in total. The molecule has 1 amide bonds. The number of halogens is 1. The highest BCUT2D eigenvalue weighted by molar-refractivity contribution is 7.92. The van der Waals surface area contributed by atoms with Gasteiger partial charge in [0.15, 0.2) is 5.13 Å². The van der Waals surface area contributed by atoms with Crippen molar-refractivity contribution in [3.8, 4) is 0 Å². The zero-order chi connectivity index (χ0) is 26.4. The third-order valence-corrected chi connectivity index (χ3v) is 10.6. The Hall–Kier alpha value is -3.14. The molecule has 1 aromatic heterocycles. The number of hydrogen-bond donors (Lipinski definition) is 0. The Morgan fingerprint density at radius 1 is 0.947 bits per heavy atom. The average Bonchev–Trinajstić information content (AvgIpc) is 3.40. The van der Waals surface area contributed by atoms with Crippen LogP contribution >= 0.6 is 22.9 Å². The van der Waals surface area contributed by atoms with Crippen LogP contribution in [0.25, 0.3) is 10.2 Å². The fourth-order valence-corrected chi connectivity index (χ4v) is 7.92. The second-order valence-corrected chi connectivity index (χ2v) is 12.9. The number of amides is 1. The number of thiazole rings is 1. The maximum absolute atomic E-state index is 13.4. The lowest BCUT2D eigenvalue weighted by Gasteiger charge is -2.34. The van der Waals surface area contributed by atoms with Crippen molar-refractivity contribution < 1.29 is 13.2 Å². The minimum Gasteiger partial charge on any atom is -0.345 e. The molecule has 0 saturated carbocycles. The third-order valence-electron chi connectivity index (χ3n) is 7.33. The van der Waals surface area contributed by atoms with Crippen molar-refractivity contribution in [1.29, 1.82) is 0 Å². The van der Waals surface area contributed by atoms with E-state index in [2.05, 4.69) is 4.90 Å². The van der Waals surface area contributed by atoms with Gasteiger partial charge in [0.05, 0.1) is 20.8 Å². The molecule has 3 aromatic carbocycles. The molecule has 0 radical (unpaired) electrons. The van der Waals surface area contributed by atoms with Gasteiger partial charge in [-0.25, -0.2) is 13.4 Å². The zero-order valence-corrected chi connectivity index (χ0v) is 23.3. The fourth-order valence-electron chi connectivity index (χ4n) is 5.15. The van der Waals surface area contributed by atoms with E-state index in [-0.39, 0.29) is 10.8 Å². The fraction of sp³-hybridized carbons (Fsp3) is 0.286. The van der Waals surface area contributed by atoms with E-state index in [1.54, 1.807) is 35.6 Å². The number of nitrogens with zero attached hydrogens (tertiary/aromatic N) is 4. The van der Waals surface area contributed by atoms with Gasteiger partial charge in [0, 0.05) is 43.3 Å². The SMILES string of the molecule is Cc1c(Cl)ccc2sc(N3CCN(C(=O)c4ccc(S(=O)(=O)N5CCCc6ccccc65)cc4)CC3)nc12. The normalized spacial score (nSPS) is 16.1. The summed E-state index contributed by atoms with van der Waals surface area (Å²) in [7, 11) is -3.71. The number of sulfonamides is 1. The summed E-state index contributed by atoms with van der Waals surface area (Å²) in [5, 5.41) is 1.65. The van der Waals surface area contributed by atoms with Crippen molar-refractivity contribution in [2.24, 2.45) is 0 Å². The number of benzene rings is 3. The summed E-state index contributed by atoms with van der Waals surface area (Å²) in [6.45, 7) is 4.93. The summed E-state index contributed by atoms with van der Waals surface area (Å²) in [5.41, 5.74) is 4.18. The van der Waals surface area contributed by atoms with Crippen LogP contribution in [0.5, 0.6) is 0 Å². The molecule has 2 aliphatic rings. The van der Waals surface area contributed by atoms with E-state index in [9.17, 15) is 13.2 Å². The van der Waals surface area contributed by atoms with Crippen LogP contribution in [0.15, 0.2) is 65.6 Å².